The van der Waals surface area contributed by atoms with Gasteiger partial charge in [0.15, 0.2) is 0 Å². The molecule has 0 fully saturated rings. The van der Waals surface area contributed by atoms with Crippen LogP contribution >= 0.6 is 0 Å². The van der Waals surface area contributed by atoms with E-state index in [1.165, 1.54) is 17.5 Å². The van der Waals surface area contributed by atoms with E-state index >= 15 is 0 Å². The van der Waals surface area contributed by atoms with Crippen LogP contribution in [0.5, 0.6) is 0 Å². The van der Waals surface area contributed by atoms with Gasteiger partial charge in [0, 0.05) is 13.7 Å². The number of benzene rings is 1. The summed E-state index contributed by atoms with van der Waals surface area (Å²) < 4.78 is 4.97. The molecule has 0 amide bonds. The molecule has 1 aliphatic rings. The summed E-state index contributed by atoms with van der Waals surface area (Å²) >= 11 is 0. The molecule has 0 aliphatic heterocycles. The lowest BCUT2D eigenvalue weighted by Gasteiger charge is -2.13. The Kier molecular flexibility index (Phi) is 3.79. The average molecular weight is 234 g/mol. The first-order valence-electron chi connectivity index (χ1n) is 6.06. The Labute approximate surface area is 101 Å². The fourth-order valence-corrected chi connectivity index (χ4v) is 2.48. The average Bonchev–Trinajstić information content (AvgIpc) is 2.76. The monoisotopic (exact) mass is 234 g/mol. The Hall–Kier alpha value is -1.35. The number of carboxylic acids is 1. The number of aliphatic carboxylic acids is 1. The topological polar surface area (TPSA) is 46.5 Å². The van der Waals surface area contributed by atoms with Gasteiger partial charge in [0.1, 0.15) is 0 Å². The number of carboxylic acid groups (broad SMARTS) is 1. The summed E-state index contributed by atoms with van der Waals surface area (Å²) in [6, 6.07) is 6.11. The van der Waals surface area contributed by atoms with Crippen LogP contribution in [0.15, 0.2) is 18.2 Å². The largest absolute Gasteiger partial charge is 0.481 e. The Morgan fingerprint density at radius 3 is 2.88 bits per heavy atom. The number of hydrogen-bond acceptors (Lipinski definition) is 2. The molecule has 92 valence electrons. The van der Waals surface area contributed by atoms with Crippen LogP contribution in [-0.2, 0) is 22.4 Å². The Balaban J connectivity index is 2.20. The first-order chi connectivity index (χ1) is 8.22. The predicted molar refractivity (Wildman–Crippen MR) is 65.3 cm³/mol. The number of methoxy groups -OCH3 is 1. The molecular formula is C14H18O3. The van der Waals surface area contributed by atoms with Crippen LogP contribution in [0.25, 0.3) is 0 Å². The maximum Gasteiger partial charge on any atom is 0.311 e. The molecule has 1 aromatic carbocycles. The second-order valence-corrected chi connectivity index (χ2v) is 4.55. The molecule has 0 bridgehead atoms. The molecule has 3 heteroatoms. The maximum absolute atomic E-state index is 11.3. The van der Waals surface area contributed by atoms with Crippen molar-refractivity contribution in [2.24, 2.45) is 0 Å². The van der Waals surface area contributed by atoms with Crippen molar-refractivity contribution in [3.63, 3.8) is 0 Å². The summed E-state index contributed by atoms with van der Waals surface area (Å²) in [7, 11) is 1.60. The van der Waals surface area contributed by atoms with E-state index in [9.17, 15) is 9.90 Å². The van der Waals surface area contributed by atoms with Gasteiger partial charge in [0.2, 0.25) is 0 Å². The standard InChI is InChI=1S/C14H18O3/c1-17-8-7-13(14(15)16)12-6-5-10-3-2-4-11(10)9-12/h5-6,9,13H,2-4,7-8H2,1H3,(H,15,16). The van der Waals surface area contributed by atoms with Gasteiger partial charge in [-0.1, -0.05) is 18.2 Å². The van der Waals surface area contributed by atoms with E-state index in [0.29, 0.717) is 13.0 Å². The molecule has 0 heterocycles. The predicted octanol–water partition coefficient (Wildman–Crippen LogP) is 2.38. The first-order valence-corrected chi connectivity index (χ1v) is 6.06. The SMILES string of the molecule is COCCC(C(=O)O)c1ccc2c(c1)CCC2. The molecule has 0 saturated carbocycles. The maximum atomic E-state index is 11.3. The van der Waals surface area contributed by atoms with Crippen molar-refractivity contribution in [1.29, 1.82) is 0 Å². The third-order valence-electron chi connectivity index (χ3n) is 3.43. The second-order valence-electron chi connectivity index (χ2n) is 4.55. The zero-order valence-electron chi connectivity index (χ0n) is 10.1. The van der Waals surface area contributed by atoms with Crippen LogP contribution in [-0.4, -0.2) is 24.8 Å². The van der Waals surface area contributed by atoms with Crippen molar-refractivity contribution in [2.75, 3.05) is 13.7 Å². The minimum Gasteiger partial charge on any atom is -0.481 e. The van der Waals surface area contributed by atoms with Crippen molar-refractivity contribution in [2.45, 2.75) is 31.6 Å². The van der Waals surface area contributed by atoms with E-state index < -0.39 is 11.9 Å². The van der Waals surface area contributed by atoms with Crippen LogP contribution in [0.3, 0.4) is 0 Å². The van der Waals surface area contributed by atoms with Crippen LogP contribution in [0.4, 0.5) is 0 Å². The zero-order chi connectivity index (χ0) is 12.3. The van der Waals surface area contributed by atoms with Gasteiger partial charge in [0.05, 0.1) is 5.92 Å². The molecule has 1 unspecified atom stereocenters. The van der Waals surface area contributed by atoms with Gasteiger partial charge in [-0.25, -0.2) is 0 Å². The summed E-state index contributed by atoms with van der Waals surface area (Å²) in [4.78, 5) is 11.3. The van der Waals surface area contributed by atoms with Crippen molar-refractivity contribution >= 4 is 5.97 Å². The van der Waals surface area contributed by atoms with Crippen molar-refractivity contribution in [1.82, 2.24) is 0 Å². The van der Waals surface area contributed by atoms with Crippen molar-refractivity contribution in [3.05, 3.63) is 34.9 Å². The fraction of sp³-hybridized carbons (Fsp3) is 0.500. The lowest BCUT2D eigenvalue weighted by molar-refractivity contribution is -0.139. The number of aryl methyl sites for hydroxylation is 2. The number of ether oxygens (including phenoxy) is 1. The summed E-state index contributed by atoms with van der Waals surface area (Å²) in [6.45, 7) is 0.480. The molecule has 0 spiro atoms. The highest BCUT2D eigenvalue weighted by molar-refractivity contribution is 5.76. The first kappa shape index (κ1) is 12.1. The molecule has 0 saturated heterocycles. The lowest BCUT2D eigenvalue weighted by atomic mass is 9.93. The minimum atomic E-state index is -0.764. The van der Waals surface area contributed by atoms with Crippen LogP contribution < -0.4 is 0 Å². The molecular weight excluding hydrogens is 216 g/mol. The summed E-state index contributed by atoms with van der Waals surface area (Å²) in [5.41, 5.74) is 3.62. The number of rotatable bonds is 5. The van der Waals surface area contributed by atoms with Gasteiger partial charge < -0.3 is 9.84 Å². The Morgan fingerprint density at radius 1 is 1.41 bits per heavy atom. The van der Waals surface area contributed by atoms with Crippen molar-refractivity contribution < 1.29 is 14.6 Å². The molecule has 1 aliphatic carbocycles. The molecule has 1 N–H and O–H groups in total. The van der Waals surface area contributed by atoms with E-state index in [-0.39, 0.29) is 0 Å². The van der Waals surface area contributed by atoms with Gasteiger partial charge in [-0.2, -0.15) is 0 Å². The highest BCUT2D eigenvalue weighted by atomic mass is 16.5. The second kappa shape index (κ2) is 5.32. The summed E-state index contributed by atoms with van der Waals surface area (Å²) in [5, 5.41) is 9.25. The molecule has 2 rings (SSSR count). The highest BCUT2D eigenvalue weighted by Crippen LogP contribution is 2.27. The molecule has 1 atom stereocenters. The third-order valence-corrected chi connectivity index (χ3v) is 3.43. The van der Waals surface area contributed by atoms with E-state index in [1.807, 2.05) is 6.07 Å². The smallest absolute Gasteiger partial charge is 0.311 e. The quantitative estimate of drug-likeness (QED) is 0.850. The number of carbonyl (C=O) groups is 1. The van der Waals surface area contributed by atoms with E-state index in [1.54, 1.807) is 7.11 Å². The summed E-state index contributed by atoms with van der Waals surface area (Å²) in [6.07, 6.45) is 3.93. The van der Waals surface area contributed by atoms with Gasteiger partial charge in [-0.15, -0.1) is 0 Å². The van der Waals surface area contributed by atoms with Crippen LogP contribution in [0, 0.1) is 0 Å². The van der Waals surface area contributed by atoms with Crippen LogP contribution in [0.2, 0.25) is 0 Å². The highest BCUT2D eigenvalue weighted by Gasteiger charge is 2.21. The van der Waals surface area contributed by atoms with E-state index in [2.05, 4.69) is 12.1 Å². The molecule has 3 nitrogen and oxygen atoms in total. The normalized spacial score (nSPS) is 15.6. The minimum absolute atomic E-state index is 0.444. The van der Waals surface area contributed by atoms with Crippen LogP contribution in [0.1, 0.15) is 35.4 Å². The lowest BCUT2D eigenvalue weighted by Crippen LogP contribution is -2.14. The molecule has 17 heavy (non-hydrogen) atoms. The van der Waals surface area contributed by atoms with Gasteiger partial charge in [-0.05, 0) is 42.4 Å². The number of fused-ring (bicyclic) bond motifs is 1. The van der Waals surface area contributed by atoms with Crippen molar-refractivity contribution in [3.8, 4) is 0 Å². The molecule has 0 radical (unpaired) electrons. The fourth-order valence-electron chi connectivity index (χ4n) is 2.48. The van der Waals surface area contributed by atoms with E-state index in [0.717, 1.165) is 18.4 Å². The molecule has 1 aromatic rings. The van der Waals surface area contributed by atoms with E-state index in [4.69, 9.17) is 4.74 Å². The van der Waals surface area contributed by atoms with Gasteiger partial charge in [-0.3, -0.25) is 4.79 Å². The number of hydrogen-bond donors (Lipinski definition) is 1. The van der Waals surface area contributed by atoms with Gasteiger partial charge in [0.25, 0.3) is 0 Å². The Bertz CT molecular complexity index is 412. The third kappa shape index (κ3) is 2.67. The molecule has 0 aromatic heterocycles. The zero-order valence-corrected chi connectivity index (χ0v) is 10.1. The van der Waals surface area contributed by atoms with Gasteiger partial charge >= 0.3 is 5.97 Å². The summed E-state index contributed by atoms with van der Waals surface area (Å²) in [5.74, 6) is -1.21. The Morgan fingerprint density at radius 2 is 2.18 bits per heavy atom.